The summed E-state index contributed by atoms with van der Waals surface area (Å²) in [5, 5.41) is 17.9. The number of para-hydroxylation sites is 1. The van der Waals surface area contributed by atoms with Crippen molar-refractivity contribution in [2.45, 2.75) is 20.4 Å². The third-order valence-electron chi connectivity index (χ3n) is 7.72. The van der Waals surface area contributed by atoms with E-state index in [-0.39, 0.29) is 5.91 Å². The standard InChI is InChI=1S/C32H25N9O/c1-18-15-36-32(37-28-12-19(2)40(3)39-28)38-29(18)25-16-35-30-23(25)7-5-9-27(30)41-17-26-22(6-4-8-24(26)31(41)42)20-10-11-34-21(13-20)14-33/h4-13,15-16,35H,17H2,1-3H3,(H,36,37,38,39). The Balaban J connectivity index is 1.26. The Kier molecular flexibility index (Phi) is 5.80. The van der Waals surface area contributed by atoms with Gasteiger partial charge in [0.2, 0.25) is 5.95 Å². The number of nitrogens with zero attached hydrogens (tertiary/aromatic N) is 7. The summed E-state index contributed by atoms with van der Waals surface area (Å²) < 4.78 is 1.79. The molecule has 1 aliphatic rings. The molecule has 0 bridgehead atoms. The highest BCUT2D eigenvalue weighted by atomic mass is 16.2. The summed E-state index contributed by atoms with van der Waals surface area (Å²) in [6.07, 6.45) is 5.34. The first-order valence-electron chi connectivity index (χ1n) is 13.4. The average Bonchev–Trinajstić information content (AvgIpc) is 3.68. The van der Waals surface area contributed by atoms with Gasteiger partial charge in [-0.2, -0.15) is 10.4 Å². The molecule has 1 aliphatic heterocycles. The number of carbonyl (C=O) groups excluding carboxylic acids is 1. The van der Waals surface area contributed by atoms with Crippen molar-refractivity contribution in [1.29, 1.82) is 5.26 Å². The number of pyridine rings is 1. The van der Waals surface area contributed by atoms with Crippen LogP contribution >= 0.6 is 0 Å². The molecular formula is C32H25N9O. The van der Waals surface area contributed by atoms with Crippen LogP contribution in [0.3, 0.4) is 0 Å². The van der Waals surface area contributed by atoms with Crippen LogP contribution in [0.4, 0.5) is 17.5 Å². The Morgan fingerprint density at radius 3 is 2.67 bits per heavy atom. The number of anilines is 3. The molecular weight excluding hydrogens is 526 g/mol. The minimum absolute atomic E-state index is 0.0691. The Morgan fingerprint density at radius 1 is 1.02 bits per heavy atom. The highest BCUT2D eigenvalue weighted by molar-refractivity contribution is 6.15. The minimum atomic E-state index is -0.0691. The number of hydrogen-bond donors (Lipinski definition) is 2. The number of rotatable bonds is 5. The van der Waals surface area contributed by atoms with E-state index in [1.54, 1.807) is 28.0 Å². The molecule has 1 amide bonds. The van der Waals surface area contributed by atoms with Crippen LogP contribution in [0.25, 0.3) is 33.3 Å². The summed E-state index contributed by atoms with van der Waals surface area (Å²) in [6.45, 7) is 4.37. The van der Waals surface area contributed by atoms with Gasteiger partial charge in [-0.1, -0.05) is 24.3 Å². The van der Waals surface area contributed by atoms with Crippen LogP contribution in [0.15, 0.2) is 73.2 Å². The van der Waals surface area contributed by atoms with E-state index in [0.717, 1.165) is 55.8 Å². The largest absolute Gasteiger partial charge is 0.359 e. The lowest BCUT2D eigenvalue weighted by atomic mass is 9.97. The maximum Gasteiger partial charge on any atom is 0.259 e. The second-order valence-electron chi connectivity index (χ2n) is 10.3. The van der Waals surface area contributed by atoms with Gasteiger partial charge in [-0.25, -0.2) is 15.0 Å². The maximum absolute atomic E-state index is 13.7. The van der Waals surface area contributed by atoms with Crippen LogP contribution in [0.1, 0.15) is 32.9 Å². The smallest absolute Gasteiger partial charge is 0.259 e. The van der Waals surface area contributed by atoms with Gasteiger partial charge in [-0.3, -0.25) is 9.48 Å². The van der Waals surface area contributed by atoms with E-state index >= 15 is 0 Å². The number of H-pyrrole nitrogens is 1. The maximum atomic E-state index is 13.7. The van der Waals surface area contributed by atoms with E-state index in [9.17, 15) is 10.1 Å². The number of aromatic nitrogens is 6. The van der Waals surface area contributed by atoms with E-state index in [4.69, 9.17) is 4.98 Å². The van der Waals surface area contributed by atoms with Crippen LogP contribution in [-0.2, 0) is 13.6 Å². The van der Waals surface area contributed by atoms with Crippen molar-refractivity contribution in [2.24, 2.45) is 7.05 Å². The zero-order valence-electron chi connectivity index (χ0n) is 23.2. The van der Waals surface area contributed by atoms with Crippen LogP contribution in [0.2, 0.25) is 0 Å². The van der Waals surface area contributed by atoms with Gasteiger partial charge in [-0.05, 0) is 60.4 Å². The quantitative estimate of drug-likeness (QED) is 0.277. The first-order valence-corrected chi connectivity index (χ1v) is 13.4. The summed E-state index contributed by atoms with van der Waals surface area (Å²) in [5.74, 6) is 1.06. The zero-order chi connectivity index (χ0) is 29.0. The second kappa shape index (κ2) is 9.67. The fourth-order valence-electron chi connectivity index (χ4n) is 5.53. The van der Waals surface area contributed by atoms with E-state index in [0.29, 0.717) is 29.6 Å². The lowest BCUT2D eigenvalue weighted by Gasteiger charge is -2.17. The molecule has 0 spiro atoms. The number of benzene rings is 2. The molecule has 0 aliphatic carbocycles. The number of aryl methyl sites for hydroxylation is 3. The van der Waals surface area contributed by atoms with Crippen molar-refractivity contribution in [1.82, 2.24) is 29.7 Å². The van der Waals surface area contributed by atoms with Gasteiger partial charge in [0, 0.05) is 53.9 Å². The van der Waals surface area contributed by atoms with Gasteiger partial charge in [-0.15, -0.1) is 0 Å². The fourth-order valence-corrected chi connectivity index (χ4v) is 5.53. The number of carbonyl (C=O) groups is 1. The molecule has 42 heavy (non-hydrogen) atoms. The Labute approximate surface area is 241 Å². The third kappa shape index (κ3) is 4.07. The van der Waals surface area contributed by atoms with Crippen molar-refractivity contribution in [3.8, 4) is 28.5 Å². The molecule has 6 aromatic rings. The minimum Gasteiger partial charge on any atom is -0.359 e. The monoisotopic (exact) mass is 551 g/mol. The fraction of sp³-hybridized carbons (Fsp3) is 0.125. The van der Waals surface area contributed by atoms with Gasteiger partial charge in [0.05, 0.1) is 23.4 Å². The lowest BCUT2D eigenvalue weighted by Crippen LogP contribution is -2.23. The summed E-state index contributed by atoms with van der Waals surface area (Å²) in [7, 11) is 1.89. The summed E-state index contributed by atoms with van der Waals surface area (Å²) >= 11 is 0. The lowest BCUT2D eigenvalue weighted by molar-refractivity contribution is 0.0997. The molecule has 5 heterocycles. The Hall–Kier alpha value is -5.82. The van der Waals surface area contributed by atoms with Gasteiger partial charge < -0.3 is 15.2 Å². The summed E-state index contributed by atoms with van der Waals surface area (Å²) in [4.78, 5) is 32.3. The first-order chi connectivity index (χ1) is 20.4. The molecule has 10 heteroatoms. The second-order valence-corrected chi connectivity index (χ2v) is 10.3. The van der Waals surface area contributed by atoms with Crippen LogP contribution in [0, 0.1) is 25.2 Å². The highest BCUT2D eigenvalue weighted by Crippen LogP contribution is 2.40. The number of fused-ring (bicyclic) bond motifs is 2. The number of nitriles is 1. The molecule has 0 fully saturated rings. The molecule has 0 atom stereocenters. The molecule has 2 N–H and O–H groups in total. The van der Waals surface area contributed by atoms with Crippen molar-refractivity contribution < 1.29 is 4.79 Å². The van der Waals surface area contributed by atoms with Gasteiger partial charge in [0.1, 0.15) is 11.8 Å². The predicted octanol–water partition coefficient (Wildman–Crippen LogP) is 5.81. The number of hydrogen-bond acceptors (Lipinski definition) is 7. The van der Waals surface area contributed by atoms with Crippen molar-refractivity contribution in [3.05, 3.63) is 101 Å². The molecule has 0 saturated heterocycles. The van der Waals surface area contributed by atoms with Crippen molar-refractivity contribution in [2.75, 3.05) is 10.2 Å². The Morgan fingerprint density at radius 2 is 1.86 bits per heavy atom. The van der Waals surface area contributed by atoms with E-state index in [1.807, 2.05) is 75.6 Å². The first kappa shape index (κ1) is 25.2. The number of aromatic amines is 1. The SMILES string of the molecule is Cc1cnc(Nc2cc(C)n(C)n2)nc1-c1c[nH]c2c(N3Cc4c(cccc4-c4ccnc(C#N)c4)C3=O)cccc12. The van der Waals surface area contributed by atoms with Gasteiger partial charge >= 0.3 is 0 Å². The van der Waals surface area contributed by atoms with E-state index in [2.05, 4.69) is 31.4 Å². The Bertz CT molecular complexity index is 2060. The molecule has 0 radical (unpaired) electrons. The molecule has 0 unspecified atom stereocenters. The van der Waals surface area contributed by atoms with Gasteiger partial charge in [0.25, 0.3) is 5.91 Å². The molecule has 2 aromatic carbocycles. The molecule has 4 aromatic heterocycles. The molecule has 10 nitrogen and oxygen atoms in total. The highest BCUT2D eigenvalue weighted by Gasteiger charge is 2.32. The van der Waals surface area contributed by atoms with Crippen molar-refractivity contribution >= 4 is 34.3 Å². The topological polar surface area (TPSA) is 128 Å². The zero-order valence-corrected chi connectivity index (χ0v) is 23.2. The third-order valence-corrected chi connectivity index (χ3v) is 7.72. The summed E-state index contributed by atoms with van der Waals surface area (Å²) in [6, 6.07) is 19.3. The van der Waals surface area contributed by atoms with Gasteiger partial charge in [0.15, 0.2) is 5.82 Å². The predicted molar refractivity (Wildman–Crippen MR) is 160 cm³/mol. The molecule has 7 rings (SSSR count). The average molecular weight is 552 g/mol. The van der Waals surface area contributed by atoms with Crippen LogP contribution in [-0.4, -0.2) is 35.6 Å². The van der Waals surface area contributed by atoms with E-state index < -0.39 is 0 Å². The number of nitrogens with one attached hydrogen (secondary N) is 2. The number of amides is 1. The van der Waals surface area contributed by atoms with Crippen molar-refractivity contribution in [3.63, 3.8) is 0 Å². The van der Waals surface area contributed by atoms with Crippen LogP contribution < -0.4 is 10.2 Å². The summed E-state index contributed by atoms with van der Waals surface area (Å²) in [5.41, 5.74) is 8.96. The van der Waals surface area contributed by atoms with E-state index in [1.165, 1.54) is 0 Å². The molecule has 204 valence electrons. The van der Waals surface area contributed by atoms with Crippen LogP contribution in [0.5, 0.6) is 0 Å². The molecule has 0 saturated carbocycles. The normalized spacial score (nSPS) is 12.5.